The second-order valence-corrected chi connectivity index (χ2v) is 6.87. The summed E-state index contributed by atoms with van der Waals surface area (Å²) in [5.74, 6) is 1.36. The minimum absolute atomic E-state index is 0.0103. The number of nitrogens with zero attached hydrogens (tertiary/aromatic N) is 4. The second-order valence-electron chi connectivity index (χ2n) is 6.49. The van der Waals surface area contributed by atoms with Crippen molar-refractivity contribution < 1.29 is 9.53 Å². The summed E-state index contributed by atoms with van der Waals surface area (Å²) in [6, 6.07) is 5.52. The van der Waals surface area contributed by atoms with Gasteiger partial charge in [0.15, 0.2) is 6.10 Å². The van der Waals surface area contributed by atoms with Crippen molar-refractivity contribution in [3.63, 3.8) is 0 Å². The van der Waals surface area contributed by atoms with E-state index < -0.39 is 6.10 Å². The van der Waals surface area contributed by atoms with Gasteiger partial charge in [0.1, 0.15) is 5.75 Å². The SMILES string of the molecule is Cc1cc(O[C@@H](C)C(=O)N2CCN(c3ncccn3)CC2)cc(C)c1Cl. The molecule has 6 nitrogen and oxygen atoms in total. The maximum absolute atomic E-state index is 12.7. The van der Waals surface area contributed by atoms with Crippen LogP contribution in [0.2, 0.25) is 5.02 Å². The average molecular weight is 375 g/mol. The van der Waals surface area contributed by atoms with Gasteiger partial charge in [-0.2, -0.15) is 0 Å². The number of carbonyl (C=O) groups is 1. The van der Waals surface area contributed by atoms with E-state index in [2.05, 4.69) is 14.9 Å². The molecule has 0 radical (unpaired) electrons. The van der Waals surface area contributed by atoms with Crippen LogP contribution in [0.3, 0.4) is 0 Å². The number of ether oxygens (including phenoxy) is 1. The van der Waals surface area contributed by atoms with Crippen molar-refractivity contribution in [2.75, 3.05) is 31.1 Å². The van der Waals surface area contributed by atoms with Crippen LogP contribution in [0.1, 0.15) is 18.1 Å². The van der Waals surface area contributed by atoms with Gasteiger partial charge in [0, 0.05) is 43.6 Å². The Kier molecular flexibility index (Phi) is 5.61. The summed E-state index contributed by atoms with van der Waals surface area (Å²) in [7, 11) is 0. The van der Waals surface area contributed by atoms with Crippen molar-refractivity contribution in [1.29, 1.82) is 0 Å². The molecule has 3 rings (SSSR count). The number of aromatic nitrogens is 2. The lowest BCUT2D eigenvalue weighted by Crippen LogP contribution is -2.52. The number of benzene rings is 1. The molecule has 1 amide bonds. The first kappa shape index (κ1) is 18.5. The van der Waals surface area contributed by atoms with E-state index in [1.54, 1.807) is 25.4 Å². The van der Waals surface area contributed by atoms with Gasteiger partial charge in [-0.25, -0.2) is 9.97 Å². The topological polar surface area (TPSA) is 58.6 Å². The molecular formula is C19H23ClN4O2. The third kappa shape index (κ3) is 4.07. The zero-order chi connectivity index (χ0) is 18.7. The molecule has 0 spiro atoms. The number of hydrogen-bond donors (Lipinski definition) is 0. The molecule has 1 aromatic heterocycles. The highest BCUT2D eigenvalue weighted by molar-refractivity contribution is 6.32. The van der Waals surface area contributed by atoms with Gasteiger partial charge >= 0.3 is 0 Å². The third-order valence-corrected chi connectivity index (χ3v) is 5.09. The Hall–Kier alpha value is -2.34. The maximum atomic E-state index is 12.7. The Morgan fingerprint density at radius 2 is 1.69 bits per heavy atom. The maximum Gasteiger partial charge on any atom is 0.263 e. The van der Waals surface area contributed by atoms with Gasteiger partial charge in [0.25, 0.3) is 5.91 Å². The Bertz CT molecular complexity index is 753. The summed E-state index contributed by atoms with van der Waals surface area (Å²) >= 11 is 6.19. The molecule has 7 heteroatoms. The molecule has 1 aliphatic heterocycles. The van der Waals surface area contributed by atoms with Crippen molar-refractivity contribution in [2.24, 2.45) is 0 Å². The molecule has 1 atom stereocenters. The minimum atomic E-state index is -0.547. The summed E-state index contributed by atoms with van der Waals surface area (Å²) < 4.78 is 5.87. The zero-order valence-electron chi connectivity index (χ0n) is 15.3. The first-order valence-corrected chi connectivity index (χ1v) is 9.07. The van der Waals surface area contributed by atoms with Gasteiger partial charge < -0.3 is 14.5 Å². The molecule has 1 saturated heterocycles. The van der Waals surface area contributed by atoms with Crippen LogP contribution in [-0.2, 0) is 4.79 Å². The zero-order valence-corrected chi connectivity index (χ0v) is 16.0. The smallest absolute Gasteiger partial charge is 0.263 e. The van der Waals surface area contributed by atoms with Crippen molar-refractivity contribution in [3.05, 3.63) is 46.7 Å². The first-order chi connectivity index (χ1) is 12.5. The van der Waals surface area contributed by atoms with E-state index in [0.717, 1.165) is 16.1 Å². The van der Waals surface area contributed by atoms with E-state index in [9.17, 15) is 4.79 Å². The van der Waals surface area contributed by atoms with Crippen molar-refractivity contribution >= 4 is 23.5 Å². The molecule has 0 N–H and O–H groups in total. The monoisotopic (exact) mass is 374 g/mol. The molecule has 2 aromatic rings. The molecule has 0 bridgehead atoms. The fourth-order valence-corrected chi connectivity index (χ4v) is 3.18. The van der Waals surface area contributed by atoms with Gasteiger partial charge in [0.2, 0.25) is 5.95 Å². The highest BCUT2D eigenvalue weighted by Crippen LogP contribution is 2.26. The summed E-state index contributed by atoms with van der Waals surface area (Å²) in [5.41, 5.74) is 1.88. The highest BCUT2D eigenvalue weighted by atomic mass is 35.5. The fourth-order valence-electron chi connectivity index (χ4n) is 3.07. The number of rotatable bonds is 4. The van der Waals surface area contributed by atoms with Crippen LogP contribution in [0, 0.1) is 13.8 Å². The van der Waals surface area contributed by atoms with Crippen molar-refractivity contribution in [1.82, 2.24) is 14.9 Å². The molecule has 0 saturated carbocycles. The molecule has 1 aliphatic rings. The molecule has 26 heavy (non-hydrogen) atoms. The molecule has 1 fully saturated rings. The van der Waals surface area contributed by atoms with E-state index in [1.165, 1.54) is 0 Å². The summed E-state index contributed by atoms with van der Waals surface area (Å²) in [5, 5.41) is 0.732. The van der Waals surface area contributed by atoms with Gasteiger partial charge in [-0.05, 0) is 50.1 Å². The van der Waals surface area contributed by atoms with Crippen LogP contribution in [0.15, 0.2) is 30.6 Å². The van der Waals surface area contributed by atoms with Crippen LogP contribution < -0.4 is 9.64 Å². The van der Waals surface area contributed by atoms with Crippen LogP contribution in [-0.4, -0.2) is 53.1 Å². The fraction of sp³-hybridized carbons (Fsp3) is 0.421. The van der Waals surface area contributed by atoms with Crippen LogP contribution in [0.5, 0.6) is 5.75 Å². The quantitative estimate of drug-likeness (QED) is 0.823. The number of aryl methyl sites for hydroxylation is 2. The van der Waals surface area contributed by atoms with Crippen LogP contribution >= 0.6 is 11.6 Å². The first-order valence-electron chi connectivity index (χ1n) is 8.70. The normalized spacial score (nSPS) is 15.7. The van der Waals surface area contributed by atoms with Gasteiger partial charge in [-0.1, -0.05) is 11.6 Å². The third-order valence-electron chi connectivity index (χ3n) is 4.50. The predicted octanol–water partition coefficient (Wildman–Crippen LogP) is 2.86. The number of halogens is 1. The molecule has 1 aromatic carbocycles. The summed E-state index contributed by atoms with van der Waals surface area (Å²) in [4.78, 5) is 25.2. The van der Waals surface area contributed by atoms with Gasteiger partial charge in [0.05, 0.1) is 0 Å². The lowest BCUT2D eigenvalue weighted by atomic mass is 10.1. The van der Waals surface area contributed by atoms with E-state index >= 15 is 0 Å². The summed E-state index contributed by atoms with van der Waals surface area (Å²) in [6.45, 7) is 8.32. The molecule has 138 valence electrons. The Labute approximate surface area is 158 Å². The van der Waals surface area contributed by atoms with E-state index in [1.807, 2.05) is 30.9 Å². The number of hydrogen-bond acceptors (Lipinski definition) is 5. The van der Waals surface area contributed by atoms with Gasteiger partial charge in [-0.3, -0.25) is 4.79 Å². The standard InChI is InChI=1S/C19H23ClN4O2/c1-13-11-16(12-14(2)17(13)20)26-15(3)18(25)23-7-9-24(10-8-23)19-21-5-4-6-22-19/h4-6,11-12,15H,7-10H2,1-3H3/t15-/m0/s1. The minimum Gasteiger partial charge on any atom is -0.481 e. The highest BCUT2D eigenvalue weighted by Gasteiger charge is 2.27. The van der Waals surface area contributed by atoms with E-state index in [4.69, 9.17) is 16.3 Å². The Morgan fingerprint density at radius 3 is 2.27 bits per heavy atom. The molecule has 0 unspecified atom stereocenters. The number of anilines is 1. The van der Waals surface area contributed by atoms with Crippen LogP contribution in [0.25, 0.3) is 0 Å². The lowest BCUT2D eigenvalue weighted by molar-refractivity contribution is -0.138. The Morgan fingerprint density at radius 1 is 1.12 bits per heavy atom. The van der Waals surface area contributed by atoms with E-state index in [0.29, 0.717) is 37.9 Å². The van der Waals surface area contributed by atoms with Gasteiger partial charge in [-0.15, -0.1) is 0 Å². The summed E-state index contributed by atoms with van der Waals surface area (Å²) in [6.07, 6.45) is 2.91. The molecule has 0 aliphatic carbocycles. The van der Waals surface area contributed by atoms with Crippen molar-refractivity contribution in [3.8, 4) is 5.75 Å². The number of amides is 1. The molecular weight excluding hydrogens is 352 g/mol. The lowest BCUT2D eigenvalue weighted by Gasteiger charge is -2.35. The average Bonchev–Trinajstić information content (AvgIpc) is 2.66. The number of carbonyl (C=O) groups excluding carboxylic acids is 1. The largest absolute Gasteiger partial charge is 0.481 e. The Balaban J connectivity index is 1.58. The number of piperazine rings is 1. The molecule has 2 heterocycles. The van der Waals surface area contributed by atoms with E-state index in [-0.39, 0.29) is 5.91 Å². The second kappa shape index (κ2) is 7.91. The van der Waals surface area contributed by atoms with Crippen LogP contribution in [0.4, 0.5) is 5.95 Å². The van der Waals surface area contributed by atoms with Crippen molar-refractivity contribution in [2.45, 2.75) is 26.9 Å². The predicted molar refractivity (Wildman–Crippen MR) is 102 cm³/mol.